The molecule has 1 aliphatic heterocycles. The first-order valence-electron chi connectivity index (χ1n) is 7.44. The van der Waals surface area contributed by atoms with E-state index in [-0.39, 0.29) is 23.2 Å². The Bertz CT molecular complexity index is 1250. The van der Waals surface area contributed by atoms with Crippen LogP contribution in [0.5, 0.6) is 11.5 Å². The summed E-state index contributed by atoms with van der Waals surface area (Å²) in [5.74, 6) is -0.456. The summed E-state index contributed by atoms with van der Waals surface area (Å²) in [5, 5.41) is 7.44. The minimum atomic E-state index is -0.763. The number of anilines is 2. The van der Waals surface area contributed by atoms with Gasteiger partial charge in [0, 0.05) is 12.1 Å². The average Bonchev–Trinajstić information content (AvgIpc) is 3.22. The van der Waals surface area contributed by atoms with Gasteiger partial charge in [-0.1, -0.05) is 11.3 Å². The van der Waals surface area contributed by atoms with Crippen molar-refractivity contribution in [3.63, 3.8) is 0 Å². The third-order valence-corrected chi connectivity index (χ3v) is 4.69. The van der Waals surface area contributed by atoms with Gasteiger partial charge >= 0.3 is 0 Å². The maximum atomic E-state index is 13.8. The molecule has 0 saturated carbocycles. The Hall–Kier alpha value is -3.27. The van der Waals surface area contributed by atoms with Gasteiger partial charge in [-0.2, -0.15) is 4.52 Å². The van der Waals surface area contributed by atoms with Crippen LogP contribution in [0.2, 0.25) is 0 Å². The first-order valence-corrected chi connectivity index (χ1v) is 8.25. The fourth-order valence-electron chi connectivity index (χ4n) is 2.65. The van der Waals surface area contributed by atoms with Crippen molar-refractivity contribution in [1.82, 2.24) is 14.6 Å². The van der Waals surface area contributed by atoms with E-state index >= 15 is 0 Å². The van der Waals surface area contributed by atoms with Crippen LogP contribution in [0, 0.1) is 11.6 Å². The predicted octanol–water partition coefficient (Wildman–Crippen LogP) is 3.05. The van der Waals surface area contributed by atoms with Crippen molar-refractivity contribution in [2.75, 3.05) is 12.1 Å². The number of rotatable bonds is 2. The summed E-state index contributed by atoms with van der Waals surface area (Å²) in [4.78, 5) is 17.4. The minimum absolute atomic E-state index is 0.0452. The number of nitrogens with zero attached hydrogens (tertiary/aromatic N) is 3. The quantitative estimate of drug-likeness (QED) is 0.581. The lowest BCUT2D eigenvalue weighted by molar-refractivity contribution is 0.174. The molecule has 0 fully saturated rings. The molecular formula is C16H8F2N4O3S. The smallest absolute Gasteiger partial charge is 0.283 e. The Kier molecular flexibility index (Phi) is 3.10. The maximum Gasteiger partial charge on any atom is 0.283 e. The molecule has 130 valence electrons. The predicted molar refractivity (Wildman–Crippen MR) is 90.4 cm³/mol. The molecule has 0 unspecified atom stereocenters. The van der Waals surface area contributed by atoms with Gasteiger partial charge in [0.25, 0.3) is 5.56 Å². The fourth-order valence-corrected chi connectivity index (χ4v) is 3.47. The first-order chi connectivity index (χ1) is 12.6. The highest BCUT2D eigenvalue weighted by atomic mass is 32.1. The Morgan fingerprint density at radius 2 is 1.96 bits per heavy atom. The van der Waals surface area contributed by atoms with Gasteiger partial charge in [0.1, 0.15) is 11.6 Å². The van der Waals surface area contributed by atoms with Gasteiger partial charge in [0.05, 0.1) is 16.6 Å². The number of benzene rings is 2. The normalized spacial score (nSPS) is 12.8. The van der Waals surface area contributed by atoms with Crippen molar-refractivity contribution in [3.05, 3.63) is 52.3 Å². The van der Waals surface area contributed by atoms with E-state index in [0.717, 1.165) is 28.0 Å². The van der Waals surface area contributed by atoms with E-state index in [2.05, 4.69) is 15.4 Å². The van der Waals surface area contributed by atoms with Crippen LogP contribution >= 0.6 is 11.3 Å². The molecule has 0 amide bonds. The van der Waals surface area contributed by atoms with Crippen LogP contribution in [0.4, 0.5) is 19.6 Å². The van der Waals surface area contributed by atoms with Gasteiger partial charge in [-0.3, -0.25) is 4.79 Å². The summed E-state index contributed by atoms with van der Waals surface area (Å²) in [6, 6.07) is 6.33. The molecule has 1 aliphatic rings. The lowest BCUT2D eigenvalue weighted by atomic mass is 10.2. The largest absolute Gasteiger partial charge is 0.454 e. The molecular weight excluding hydrogens is 366 g/mol. The third kappa shape index (κ3) is 2.26. The van der Waals surface area contributed by atoms with Crippen LogP contribution in [-0.4, -0.2) is 21.4 Å². The van der Waals surface area contributed by atoms with E-state index in [1.54, 1.807) is 12.1 Å². The van der Waals surface area contributed by atoms with Crippen molar-refractivity contribution in [3.8, 4) is 11.5 Å². The number of nitrogens with one attached hydrogen (secondary N) is 1. The molecule has 0 radical (unpaired) electrons. The van der Waals surface area contributed by atoms with Gasteiger partial charge in [0.2, 0.25) is 16.9 Å². The highest BCUT2D eigenvalue weighted by Crippen LogP contribution is 2.35. The van der Waals surface area contributed by atoms with Crippen LogP contribution in [0.3, 0.4) is 0 Å². The lowest BCUT2D eigenvalue weighted by Crippen LogP contribution is -2.15. The summed E-state index contributed by atoms with van der Waals surface area (Å²) in [5.41, 5.74) is 0.110. The number of hydrogen-bond acceptors (Lipinski definition) is 7. The van der Waals surface area contributed by atoms with E-state index in [0.29, 0.717) is 27.4 Å². The summed E-state index contributed by atoms with van der Waals surface area (Å²) in [6.07, 6.45) is 0. The molecule has 5 rings (SSSR count). The highest BCUT2D eigenvalue weighted by Gasteiger charge is 2.19. The molecule has 2 aromatic heterocycles. The maximum absolute atomic E-state index is 13.8. The molecule has 1 N–H and O–H groups in total. The zero-order chi connectivity index (χ0) is 17.8. The highest BCUT2D eigenvalue weighted by molar-refractivity contribution is 7.20. The molecule has 0 atom stereocenters. The Labute approximate surface area is 147 Å². The summed E-state index contributed by atoms with van der Waals surface area (Å²) in [7, 11) is 0. The SMILES string of the molecule is O=c1c2cc3c(cc2nc2sc(Nc4ccc(F)cc4F)nn12)OCO3. The molecule has 0 aliphatic carbocycles. The molecule has 10 heteroatoms. The molecule has 7 nitrogen and oxygen atoms in total. The molecule has 26 heavy (non-hydrogen) atoms. The van der Waals surface area contributed by atoms with Gasteiger partial charge < -0.3 is 14.8 Å². The standard InChI is InChI=1S/C16H8F2N4O3S/c17-7-1-2-10(9(18)3-7)19-15-21-22-14(23)8-4-12-13(25-6-24-12)5-11(8)20-16(22)26-15/h1-5H,6H2,(H,19,21). The van der Waals surface area contributed by atoms with Gasteiger partial charge in [0.15, 0.2) is 11.5 Å². The van der Waals surface area contributed by atoms with Crippen molar-refractivity contribution >= 4 is 38.0 Å². The van der Waals surface area contributed by atoms with Gasteiger partial charge in [-0.05, 0) is 18.2 Å². The van der Waals surface area contributed by atoms with Crippen LogP contribution in [0.25, 0.3) is 15.9 Å². The molecule has 4 aromatic rings. The van der Waals surface area contributed by atoms with Crippen LogP contribution in [-0.2, 0) is 0 Å². The van der Waals surface area contributed by atoms with Crippen LogP contribution < -0.4 is 20.3 Å². The zero-order valence-corrected chi connectivity index (χ0v) is 13.6. The topological polar surface area (TPSA) is 77.8 Å². The first kappa shape index (κ1) is 15.0. The molecule has 0 saturated heterocycles. The van der Waals surface area contributed by atoms with E-state index in [1.807, 2.05) is 0 Å². The van der Waals surface area contributed by atoms with Crippen molar-refractivity contribution < 1.29 is 18.3 Å². The summed E-state index contributed by atoms with van der Waals surface area (Å²) >= 11 is 1.06. The van der Waals surface area contributed by atoms with Gasteiger partial charge in [-0.25, -0.2) is 13.8 Å². The number of hydrogen-bond donors (Lipinski definition) is 1. The lowest BCUT2D eigenvalue weighted by Gasteiger charge is -2.02. The van der Waals surface area contributed by atoms with E-state index in [1.165, 1.54) is 6.07 Å². The van der Waals surface area contributed by atoms with E-state index < -0.39 is 11.6 Å². The molecule has 0 bridgehead atoms. The average molecular weight is 374 g/mol. The number of fused-ring (bicyclic) bond motifs is 3. The Morgan fingerprint density at radius 3 is 2.77 bits per heavy atom. The van der Waals surface area contributed by atoms with Gasteiger partial charge in [-0.15, -0.1) is 5.10 Å². The summed E-state index contributed by atoms with van der Waals surface area (Å²) in [6.45, 7) is 0.0942. The van der Waals surface area contributed by atoms with Crippen LogP contribution in [0.15, 0.2) is 35.1 Å². The monoisotopic (exact) mass is 374 g/mol. The number of halogens is 2. The van der Waals surface area contributed by atoms with Crippen molar-refractivity contribution in [1.29, 1.82) is 0 Å². The molecule has 0 spiro atoms. The van der Waals surface area contributed by atoms with E-state index in [4.69, 9.17) is 9.47 Å². The third-order valence-electron chi connectivity index (χ3n) is 3.86. The van der Waals surface area contributed by atoms with Crippen molar-refractivity contribution in [2.45, 2.75) is 0 Å². The summed E-state index contributed by atoms with van der Waals surface area (Å²) < 4.78 is 38.5. The molecule has 2 aromatic carbocycles. The minimum Gasteiger partial charge on any atom is -0.454 e. The van der Waals surface area contributed by atoms with Crippen molar-refractivity contribution in [2.24, 2.45) is 0 Å². The second kappa shape index (κ2) is 5.36. The van der Waals surface area contributed by atoms with E-state index in [9.17, 15) is 13.6 Å². The Balaban J connectivity index is 1.64. The second-order valence-corrected chi connectivity index (χ2v) is 6.45. The zero-order valence-electron chi connectivity index (χ0n) is 12.8. The Morgan fingerprint density at radius 1 is 1.15 bits per heavy atom. The van der Waals surface area contributed by atoms with Crippen LogP contribution in [0.1, 0.15) is 0 Å². The molecule has 3 heterocycles. The second-order valence-electron chi connectivity index (χ2n) is 5.49. The fraction of sp³-hybridized carbons (Fsp3) is 0.0625. The number of aromatic nitrogens is 3. The number of ether oxygens (including phenoxy) is 2.